The molecule has 0 spiro atoms. The normalized spacial score (nSPS) is 20.6. The minimum Gasteiger partial charge on any atom is -0.344 e. The molecule has 0 bridgehead atoms. The standard InChI is InChI=1S/C26H27ClFN5O2/c27-20-7-4-8-21(28)24(20)26(35)33-14-18-12-32(13-19(18)15-33)10-9-22(17-5-2-1-3-6-17)31-25(34)23-11-29-16-30-23/h1-8,11,16,18-19,22H,9-10,12-15H2,(H,29,30)(H,31,34)/t18?,19?,22-/m0/s1. The maximum Gasteiger partial charge on any atom is 0.269 e. The fraction of sp³-hybridized carbons (Fsp3) is 0.346. The van der Waals surface area contributed by atoms with Gasteiger partial charge in [-0.1, -0.05) is 48.0 Å². The number of carbonyl (C=O) groups excluding carboxylic acids is 2. The Hall–Kier alpha value is -3.23. The van der Waals surface area contributed by atoms with Crippen molar-refractivity contribution in [2.75, 3.05) is 32.7 Å². The summed E-state index contributed by atoms with van der Waals surface area (Å²) in [5.41, 5.74) is 1.45. The minimum absolute atomic E-state index is 0.0373. The van der Waals surface area contributed by atoms with E-state index in [-0.39, 0.29) is 28.4 Å². The zero-order valence-corrected chi connectivity index (χ0v) is 19.9. The Balaban J connectivity index is 1.18. The summed E-state index contributed by atoms with van der Waals surface area (Å²) in [6.07, 6.45) is 3.76. The summed E-state index contributed by atoms with van der Waals surface area (Å²) in [4.78, 5) is 36.5. The van der Waals surface area contributed by atoms with Crippen molar-refractivity contribution in [2.24, 2.45) is 11.8 Å². The van der Waals surface area contributed by atoms with Crippen LogP contribution in [-0.4, -0.2) is 64.3 Å². The molecule has 3 aromatic rings. The number of hydrogen-bond acceptors (Lipinski definition) is 4. The number of nitrogens with zero attached hydrogens (tertiary/aromatic N) is 3. The highest BCUT2D eigenvalue weighted by atomic mass is 35.5. The van der Waals surface area contributed by atoms with Gasteiger partial charge < -0.3 is 20.1 Å². The molecule has 0 saturated carbocycles. The zero-order chi connectivity index (χ0) is 24.4. The highest BCUT2D eigenvalue weighted by molar-refractivity contribution is 6.33. The molecule has 0 aliphatic carbocycles. The lowest BCUT2D eigenvalue weighted by Gasteiger charge is -2.25. The zero-order valence-electron chi connectivity index (χ0n) is 19.2. The van der Waals surface area contributed by atoms with Gasteiger partial charge >= 0.3 is 0 Å². The average Bonchev–Trinajstić information content (AvgIpc) is 3.59. The maximum absolute atomic E-state index is 14.2. The molecule has 2 fully saturated rings. The molecule has 2 aromatic carbocycles. The van der Waals surface area contributed by atoms with Crippen LogP contribution in [0.25, 0.3) is 0 Å². The molecule has 2 aliphatic rings. The number of nitrogens with one attached hydrogen (secondary N) is 2. The number of imidazole rings is 1. The van der Waals surface area contributed by atoms with Crippen molar-refractivity contribution in [3.8, 4) is 0 Å². The molecule has 5 rings (SSSR count). The number of benzene rings is 2. The average molecular weight is 496 g/mol. The number of carbonyl (C=O) groups is 2. The van der Waals surface area contributed by atoms with E-state index in [1.54, 1.807) is 11.0 Å². The Morgan fingerprint density at radius 3 is 2.49 bits per heavy atom. The maximum atomic E-state index is 14.2. The summed E-state index contributed by atoms with van der Waals surface area (Å²) in [5.74, 6) is -0.404. The number of fused-ring (bicyclic) bond motifs is 1. The third-order valence-electron chi connectivity index (χ3n) is 7.01. The largest absolute Gasteiger partial charge is 0.344 e. The second kappa shape index (κ2) is 10.2. The molecule has 9 heteroatoms. The Kier molecular flexibility index (Phi) is 6.83. The lowest BCUT2D eigenvalue weighted by Crippen LogP contribution is -2.35. The molecule has 3 heterocycles. The molecule has 2 saturated heterocycles. The number of amides is 2. The van der Waals surface area contributed by atoms with E-state index in [0.29, 0.717) is 30.6 Å². The first-order valence-electron chi connectivity index (χ1n) is 11.8. The topological polar surface area (TPSA) is 81.3 Å². The Morgan fingerprint density at radius 2 is 1.83 bits per heavy atom. The van der Waals surface area contributed by atoms with Crippen molar-refractivity contribution in [1.29, 1.82) is 0 Å². The van der Waals surface area contributed by atoms with Gasteiger partial charge in [0.2, 0.25) is 0 Å². The Labute approximate surface area is 208 Å². The first-order valence-corrected chi connectivity index (χ1v) is 12.2. The monoisotopic (exact) mass is 495 g/mol. The van der Waals surface area contributed by atoms with Crippen LogP contribution in [0.15, 0.2) is 61.1 Å². The van der Waals surface area contributed by atoms with Crippen molar-refractivity contribution in [3.05, 3.63) is 88.7 Å². The van der Waals surface area contributed by atoms with Crippen molar-refractivity contribution in [2.45, 2.75) is 12.5 Å². The van der Waals surface area contributed by atoms with Crippen LogP contribution < -0.4 is 5.32 Å². The van der Waals surface area contributed by atoms with E-state index in [0.717, 1.165) is 31.6 Å². The fourth-order valence-electron chi connectivity index (χ4n) is 5.23. The second-order valence-corrected chi connectivity index (χ2v) is 9.68. The van der Waals surface area contributed by atoms with Gasteiger partial charge in [0, 0.05) is 32.7 Å². The van der Waals surface area contributed by atoms with Gasteiger partial charge in [0.15, 0.2) is 0 Å². The van der Waals surface area contributed by atoms with E-state index in [2.05, 4.69) is 20.2 Å². The third-order valence-corrected chi connectivity index (χ3v) is 7.32. The van der Waals surface area contributed by atoms with Gasteiger partial charge in [-0.15, -0.1) is 0 Å². The molecule has 2 unspecified atom stereocenters. The van der Waals surface area contributed by atoms with Crippen molar-refractivity contribution in [1.82, 2.24) is 25.1 Å². The van der Waals surface area contributed by atoms with Gasteiger partial charge in [0.05, 0.1) is 29.2 Å². The summed E-state index contributed by atoms with van der Waals surface area (Å²) < 4.78 is 14.2. The second-order valence-electron chi connectivity index (χ2n) is 9.28. The quantitative estimate of drug-likeness (QED) is 0.523. The van der Waals surface area contributed by atoms with Crippen LogP contribution in [0, 0.1) is 17.7 Å². The number of rotatable bonds is 7. The Morgan fingerprint density at radius 1 is 1.09 bits per heavy atom. The van der Waals surface area contributed by atoms with Crippen LogP contribution in [0.2, 0.25) is 5.02 Å². The van der Waals surface area contributed by atoms with E-state index in [9.17, 15) is 14.0 Å². The van der Waals surface area contributed by atoms with Crippen LogP contribution >= 0.6 is 11.6 Å². The lowest BCUT2D eigenvalue weighted by atomic mass is 10.0. The van der Waals surface area contributed by atoms with Crippen LogP contribution in [-0.2, 0) is 0 Å². The van der Waals surface area contributed by atoms with Crippen LogP contribution in [0.1, 0.15) is 38.9 Å². The van der Waals surface area contributed by atoms with Crippen molar-refractivity contribution < 1.29 is 14.0 Å². The van der Waals surface area contributed by atoms with Gasteiger partial charge in [-0.2, -0.15) is 0 Å². The molecule has 2 aliphatic heterocycles. The molecule has 182 valence electrons. The molecule has 35 heavy (non-hydrogen) atoms. The van der Waals surface area contributed by atoms with Crippen molar-refractivity contribution in [3.63, 3.8) is 0 Å². The predicted molar refractivity (Wildman–Crippen MR) is 131 cm³/mol. The SMILES string of the molecule is O=C(N[C@@H](CCN1CC2CN(C(=O)c3c(F)cccc3Cl)CC2C1)c1ccccc1)c1cnc[nH]1. The van der Waals surface area contributed by atoms with Gasteiger partial charge in [0.1, 0.15) is 11.5 Å². The van der Waals surface area contributed by atoms with E-state index >= 15 is 0 Å². The van der Waals surface area contributed by atoms with E-state index in [1.165, 1.54) is 24.7 Å². The van der Waals surface area contributed by atoms with Gasteiger partial charge in [-0.05, 0) is 36.0 Å². The Bertz CT molecular complexity index is 1160. The summed E-state index contributed by atoms with van der Waals surface area (Å²) in [6.45, 7) is 3.76. The number of halogens is 2. The number of H-pyrrole nitrogens is 1. The smallest absolute Gasteiger partial charge is 0.269 e. The van der Waals surface area contributed by atoms with Gasteiger partial charge in [0.25, 0.3) is 11.8 Å². The number of aromatic nitrogens is 2. The first kappa shape index (κ1) is 23.5. The molecule has 2 amide bonds. The molecule has 7 nitrogen and oxygen atoms in total. The number of hydrogen-bond donors (Lipinski definition) is 2. The van der Waals surface area contributed by atoms with Gasteiger partial charge in [-0.25, -0.2) is 9.37 Å². The molecular weight excluding hydrogens is 469 g/mol. The van der Waals surface area contributed by atoms with Crippen molar-refractivity contribution >= 4 is 23.4 Å². The van der Waals surface area contributed by atoms with E-state index in [4.69, 9.17) is 11.6 Å². The molecule has 0 radical (unpaired) electrons. The predicted octanol–water partition coefficient (Wildman–Crippen LogP) is 3.77. The summed E-state index contributed by atoms with van der Waals surface area (Å²) in [6, 6.07) is 14.1. The van der Waals surface area contributed by atoms with Gasteiger partial charge in [-0.3, -0.25) is 9.59 Å². The minimum atomic E-state index is -0.578. The van der Waals surface area contributed by atoms with E-state index < -0.39 is 5.82 Å². The third kappa shape index (κ3) is 5.09. The number of aromatic amines is 1. The molecular formula is C26H27ClFN5O2. The summed E-state index contributed by atoms with van der Waals surface area (Å²) in [7, 11) is 0. The lowest BCUT2D eigenvalue weighted by molar-refractivity contribution is 0.0769. The highest BCUT2D eigenvalue weighted by Gasteiger charge is 2.42. The molecule has 3 atom stereocenters. The summed E-state index contributed by atoms with van der Waals surface area (Å²) in [5, 5.41) is 3.27. The van der Waals surface area contributed by atoms with Crippen LogP contribution in [0.5, 0.6) is 0 Å². The molecule has 2 N–H and O–H groups in total. The van der Waals surface area contributed by atoms with Crippen LogP contribution in [0.3, 0.4) is 0 Å². The first-order chi connectivity index (χ1) is 17.0. The fourth-order valence-corrected chi connectivity index (χ4v) is 5.48. The number of likely N-dealkylation sites (tertiary alicyclic amines) is 2. The highest BCUT2D eigenvalue weighted by Crippen LogP contribution is 2.33. The van der Waals surface area contributed by atoms with E-state index in [1.807, 2.05) is 30.3 Å². The summed E-state index contributed by atoms with van der Waals surface area (Å²) >= 11 is 6.11. The van der Waals surface area contributed by atoms with Crippen LogP contribution in [0.4, 0.5) is 4.39 Å². The molecule has 1 aromatic heterocycles.